The monoisotopic (exact) mass is 149 g/mol. The number of benzene rings is 1. The van der Waals surface area contributed by atoms with E-state index in [0.717, 1.165) is 18.8 Å². The Morgan fingerprint density at radius 1 is 1.36 bits per heavy atom. The topological polar surface area (TPSA) is 9.23 Å². The van der Waals surface area contributed by atoms with Crippen molar-refractivity contribution in [2.24, 2.45) is 0 Å². The van der Waals surface area contributed by atoms with Gasteiger partial charge in [0.25, 0.3) is 0 Å². The molecule has 1 radical (unpaired) electrons. The summed E-state index contributed by atoms with van der Waals surface area (Å²) in [6.45, 7) is 4.82. The molecular weight excluding hydrogens is 136 g/mol. The summed E-state index contributed by atoms with van der Waals surface area (Å²) in [5.41, 5.74) is 1.23. The molecule has 0 heterocycles. The van der Waals surface area contributed by atoms with Crippen LogP contribution in [0.15, 0.2) is 18.2 Å². The number of ether oxygens (including phenoxy) is 1. The lowest BCUT2D eigenvalue weighted by atomic mass is 10.2. The lowest BCUT2D eigenvalue weighted by Gasteiger charge is -2.02. The Hall–Kier alpha value is -0.980. The van der Waals surface area contributed by atoms with Crippen molar-refractivity contribution in [1.29, 1.82) is 0 Å². The first-order valence-corrected chi connectivity index (χ1v) is 4.00. The third-order valence-corrected chi connectivity index (χ3v) is 1.54. The minimum Gasteiger partial charge on any atom is -0.494 e. The number of aryl methyl sites for hydroxylation is 1. The predicted molar refractivity (Wildman–Crippen MR) is 45.8 cm³/mol. The lowest BCUT2D eigenvalue weighted by molar-refractivity contribution is 0.340. The van der Waals surface area contributed by atoms with Gasteiger partial charge in [-0.05, 0) is 37.1 Å². The van der Waals surface area contributed by atoms with Crippen molar-refractivity contribution in [2.75, 3.05) is 6.61 Å². The quantitative estimate of drug-likeness (QED) is 0.641. The molecule has 0 aliphatic carbocycles. The molecule has 0 saturated heterocycles. The van der Waals surface area contributed by atoms with Crippen LogP contribution in [-0.4, -0.2) is 6.61 Å². The minimum absolute atomic E-state index is 0.722. The van der Waals surface area contributed by atoms with E-state index in [9.17, 15) is 0 Å². The molecule has 0 atom stereocenters. The van der Waals surface area contributed by atoms with Crippen LogP contribution in [0.1, 0.15) is 19.4 Å². The van der Waals surface area contributed by atoms with E-state index in [1.54, 1.807) is 0 Å². The van der Waals surface area contributed by atoms with Gasteiger partial charge < -0.3 is 4.74 Å². The molecular formula is C10H13O. The van der Waals surface area contributed by atoms with E-state index in [2.05, 4.69) is 13.0 Å². The Labute approximate surface area is 68.0 Å². The lowest BCUT2D eigenvalue weighted by Crippen LogP contribution is -1.91. The van der Waals surface area contributed by atoms with E-state index in [4.69, 9.17) is 4.74 Å². The molecule has 1 rings (SSSR count). The molecule has 11 heavy (non-hydrogen) atoms. The summed E-state index contributed by atoms with van der Waals surface area (Å²) in [7, 11) is 0. The minimum atomic E-state index is 0.722. The molecule has 0 saturated carbocycles. The van der Waals surface area contributed by atoms with Crippen molar-refractivity contribution in [3.8, 4) is 5.75 Å². The molecule has 1 aromatic rings. The second-order valence-corrected chi connectivity index (χ2v) is 2.34. The highest BCUT2D eigenvalue weighted by atomic mass is 16.5. The van der Waals surface area contributed by atoms with Gasteiger partial charge in [0.1, 0.15) is 5.75 Å². The Morgan fingerprint density at radius 2 is 2.18 bits per heavy atom. The maximum Gasteiger partial charge on any atom is 0.119 e. The summed E-state index contributed by atoms with van der Waals surface area (Å²) in [6.07, 6.45) is 1.03. The molecule has 1 aromatic carbocycles. The largest absolute Gasteiger partial charge is 0.494 e. The molecule has 0 unspecified atom stereocenters. The number of rotatable bonds is 3. The number of hydrogen-bond acceptors (Lipinski definition) is 1. The van der Waals surface area contributed by atoms with Gasteiger partial charge in [-0.2, -0.15) is 0 Å². The molecule has 59 valence electrons. The summed E-state index contributed by atoms with van der Waals surface area (Å²) in [5.74, 6) is 0.907. The van der Waals surface area contributed by atoms with Crippen LogP contribution in [-0.2, 0) is 6.42 Å². The first kappa shape index (κ1) is 8.12. The fourth-order valence-corrected chi connectivity index (χ4v) is 0.919. The third-order valence-electron chi connectivity index (χ3n) is 1.54. The smallest absolute Gasteiger partial charge is 0.119 e. The van der Waals surface area contributed by atoms with E-state index in [-0.39, 0.29) is 0 Å². The maximum absolute atomic E-state index is 5.27. The fraction of sp³-hybridized carbons (Fsp3) is 0.400. The van der Waals surface area contributed by atoms with Crippen LogP contribution in [0.3, 0.4) is 0 Å². The molecule has 0 aliphatic rings. The molecule has 0 spiro atoms. The van der Waals surface area contributed by atoms with Crippen molar-refractivity contribution in [3.63, 3.8) is 0 Å². The molecule has 1 nitrogen and oxygen atoms in total. The van der Waals surface area contributed by atoms with E-state index < -0.39 is 0 Å². The van der Waals surface area contributed by atoms with Crippen LogP contribution in [0.5, 0.6) is 5.75 Å². The fourth-order valence-electron chi connectivity index (χ4n) is 0.919. The Bertz CT molecular complexity index is 201. The van der Waals surface area contributed by atoms with Gasteiger partial charge >= 0.3 is 0 Å². The van der Waals surface area contributed by atoms with Crippen molar-refractivity contribution in [2.45, 2.75) is 20.3 Å². The summed E-state index contributed by atoms with van der Waals surface area (Å²) < 4.78 is 5.27. The summed E-state index contributed by atoms with van der Waals surface area (Å²) >= 11 is 0. The first-order chi connectivity index (χ1) is 5.36. The van der Waals surface area contributed by atoms with E-state index in [0.29, 0.717) is 0 Å². The number of hydrogen-bond donors (Lipinski definition) is 0. The summed E-state index contributed by atoms with van der Waals surface area (Å²) in [6, 6.07) is 9.07. The second-order valence-electron chi connectivity index (χ2n) is 2.34. The maximum atomic E-state index is 5.27. The van der Waals surface area contributed by atoms with Gasteiger partial charge in [0, 0.05) is 0 Å². The summed E-state index contributed by atoms with van der Waals surface area (Å²) in [5, 5.41) is 0. The van der Waals surface area contributed by atoms with Crippen LogP contribution >= 0.6 is 0 Å². The zero-order valence-electron chi connectivity index (χ0n) is 7.05. The molecule has 0 aromatic heterocycles. The van der Waals surface area contributed by atoms with E-state index in [1.807, 2.05) is 25.1 Å². The Balaban J connectivity index is 2.66. The van der Waals surface area contributed by atoms with Crippen molar-refractivity contribution in [1.82, 2.24) is 0 Å². The van der Waals surface area contributed by atoms with Gasteiger partial charge in [-0.3, -0.25) is 0 Å². The normalized spacial score (nSPS) is 9.64. The van der Waals surface area contributed by atoms with Gasteiger partial charge in [-0.1, -0.05) is 13.0 Å². The molecule has 0 fully saturated rings. The van der Waals surface area contributed by atoms with Crippen LogP contribution < -0.4 is 4.74 Å². The van der Waals surface area contributed by atoms with Crippen molar-refractivity contribution < 1.29 is 4.74 Å². The molecule has 1 heteroatoms. The predicted octanol–water partition coefficient (Wildman–Crippen LogP) is 2.45. The molecule has 0 bridgehead atoms. The van der Waals surface area contributed by atoms with Crippen LogP contribution in [0.25, 0.3) is 0 Å². The van der Waals surface area contributed by atoms with Gasteiger partial charge in [0.05, 0.1) is 6.61 Å². The molecule has 0 amide bonds. The van der Waals surface area contributed by atoms with Gasteiger partial charge in [0.2, 0.25) is 0 Å². The Kier molecular flexibility index (Phi) is 2.96. The van der Waals surface area contributed by atoms with Crippen molar-refractivity contribution in [3.05, 3.63) is 29.8 Å². The third kappa shape index (κ3) is 2.26. The summed E-state index contributed by atoms with van der Waals surface area (Å²) in [4.78, 5) is 0. The van der Waals surface area contributed by atoms with Crippen molar-refractivity contribution >= 4 is 0 Å². The highest BCUT2D eigenvalue weighted by Gasteiger charge is 1.91. The highest BCUT2D eigenvalue weighted by Crippen LogP contribution is 2.11. The first-order valence-electron chi connectivity index (χ1n) is 4.00. The zero-order valence-corrected chi connectivity index (χ0v) is 7.05. The zero-order chi connectivity index (χ0) is 8.10. The van der Waals surface area contributed by atoms with E-state index >= 15 is 0 Å². The second kappa shape index (κ2) is 4.02. The van der Waals surface area contributed by atoms with Crippen LogP contribution in [0.2, 0.25) is 0 Å². The average Bonchev–Trinajstić information content (AvgIpc) is 2.07. The van der Waals surface area contributed by atoms with Gasteiger partial charge in [-0.25, -0.2) is 0 Å². The van der Waals surface area contributed by atoms with Gasteiger partial charge in [-0.15, -0.1) is 0 Å². The standard InChI is InChI=1S/C10H13O/c1-3-9-5-7-10(8-6-9)11-4-2/h5,7-8H,3-4H2,1-2H3. The van der Waals surface area contributed by atoms with Crippen LogP contribution in [0, 0.1) is 6.07 Å². The Morgan fingerprint density at radius 3 is 2.64 bits per heavy atom. The highest BCUT2D eigenvalue weighted by molar-refractivity contribution is 5.25. The van der Waals surface area contributed by atoms with Crippen LogP contribution in [0.4, 0.5) is 0 Å². The van der Waals surface area contributed by atoms with Gasteiger partial charge in [0.15, 0.2) is 0 Å². The SMILES string of the molecule is CCOc1c[c]c(CC)cc1. The van der Waals surface area contributed by atoms with E-state index in [1.165, 1.54) is 5.56 Å². The molecule has 0 aliphatic heterocycles. The average molecular weight is 149 g/mol. The molecule has 0 N–H and O–H groups in total.